The van der Waals surface area contributed by atoms with Gasteiger partial charge in [-0.2, -0.15) is 0 Å². The molecule has 0 atom stereocenters. The highest BCUT2D eigenvalue weighted by Gasteiger charge is 2.06. The zero-order valence-corrected chi connectivity index (χ0v) is 25.8. The first-order valence-corrected chi connectivity index (χ1v) is 17.4. The van der Waals surface area contributed by atoms with Gasteiger partial charge in [0.25, 0.3) is 0 Å². The van der Waals surface area contributed by atoms with E-state index in [4.69, 9.17) is 0 Å². The molecule has 0 radical (unpaired) electrons. The molecule has 0 saturated heterocycles. The van der Waals surface area contributed by atoms with E-state index in [0.717, 1.165) is 0 Å². The summed E-state index contributed by atoms with van der Waals surface area (Å²) in [6.07, 6.45) is 36.7. The third-order valence-electron chi connectivity index (χ3n) is 8.70. The maximum Gasteiger partial charge on any atom is -0.0149 e. The van der Waals surface area contributed by atoms with Crippen molar-refractivity contribution in [1.29, 1.82) is 0 Å². The smallest absolute Gasteiger partial charge is 0.0149 e. The minimum absolute atomic E-state index is 1.25. The normalized spacial score (nSPS) is 11.5. The van der Waals surface area contributed by atoms with E-state index in [0.29, 0.717) is 0 Å². The molecule has 0 bridgehead atoms. The van der Waals surface area contributed by atoms with Gasteiger partial charge in [0.05, 0.1) is 0 Å². The first kappa shape index (κ1) is 32.9. The number of unbranched alkanes of at least 4 members (excludes halogenated alkanes) is 22. The van der Waals surface area contributed by atoms with Crippen LogP contribution in [0, 0.1) is 0 Å². The molecule has 38 heavy (non-hydrogen) atoms. The second-order valence-corrected chi connectivity index (χ2v) is 12.2. The molecule has 2 aromatic rings. The predicted octanol–water partition coefficient (Wildman–Crippen LogP) is 13.3. The molecule has 0 aromatic heterocycles. The van der Waals surface area contributed by atoms with Crippen molar-refractivity contribution in [1.82, 2.24) is 0 Å². The van der Waals surface area contributed by atoms with E-state index in [1.165, 1.54) is 178 Å². The van der Waals surface area contributed by atoms with Crippen LogP contribution in [0.25, 0.3) is 10.8 Å². The molecule has 0 amide bonds. The van der Waals surface area contributed by atoms with Gasteiger partial charge >= 0.3 is 0 Å². The van der Waals surface area contributed by atoms with Crippen molar-refractivity contribution < 1.29 is 0 Å². The Bertz CT molecular complexity index is 721. The van der Waals surface area contributed by atoms with Crippen LogP contribution in [0.2, 0.25) is 0 Å². The first-order valence-electron chi connectivity index (χ1n) is 17.4. The Morgan fingerprint density at radius 2 is 0.579 bits per heavy atom. The summed E-state index contributed by atoms with van der Waals surface area (Å²) >= 11 is 0. The SMILES string of the molecule is CCCCCCCCCCCCCCc1ccc(CCCCCCCCCCCCCC)c2ccccc12. The van der Waals surface area contributed by atoms with E-state index in [1.54, 1.807) is 11.1 Å². The fourth-order valence-corrected chi connectivity index (χ4v) is 6.17. The Morgan fingerprint density at radius 3 is 0.868 bits per heavy atom. The van der Waals surface area contributed by atoms with Crippen LogP contribution in [0.1, 0.15) is 179 Å². The third kappa shape index (κ3) is 15.3. The van der Waals surface area contributed by atoms with E-state index in [-0.39, 0.29) is 0 Å². The number of rotatable bonds is 26. The summed E-state index contributed by atoms with van der Waals surface area (Å²) in [5.41, 5.74) is 3.15. The Hall–Kier alpha value is -1.30. The zero-order chi connectivity index (χ0) is 26.9. The highest BCUT2D eigenvalue weighted by atomic mass is 14.1. The molecule has 0 N–H and O–H groups in total. The van der Waals surface area contributed by atoms with Crippen LogP contribution in [0.5, 0.6) is 0 Å². The first-order chi connectivity index (χ1) is 18.9. The zero-order valence-electron chi connectivity index (χ0n) is 25.8. The van der Waals surface area contributed by atoms with Gasteiger partial charge in [-0.1, -0.05) is 192 Å². The van der Waals surface area contributed by atoms with Crippen molar-refractivity contribution in [3.63, 3.8) is 0 Å². The maximum absolute atomic E-state index is 2.46. The average molecular weight is 521 g/mol. The van der Waals surface area contributed by atoms with Gasteiger partial charge in [0, 0.05) is 0 Å². The maximum atomic E-state index is 2.46. The van der Waals surface area contributed by atoms with Crippen LogP contribution >= 0.6 is 0 Å². The summed E-state index contributed by atoms with van der Waals surface area (Å²) in [4.78, 5) is 0. The van der Waals surface area contributed by atoms with Crippen LogP contribution in [0.4, 0.5) is 0 Å². The minimum Gasteiger partial charge on any atom is -0.0654 e. The van der Waals surface area contributed by atoms with Crippen LogP contribution in [-0.4, -0.2) is 0 Å². The van der Waals surface area contributed by atoms with Crippen molar-refractivity contribution in [2.75, 3.05) is 0 Å². The van der Waals surface area contributed by atoms with Gasteiger partial charge in [0.15, 0.2) is 0 Å². The number of benzene rings is 2. The monoisotopic (exact) mass is 521 g/mol. The fourth-order valence-electron chi connectivity index (χ4n) is 6.17. The fraction of sp³-hybridized carbons (Fsp3) is 0.737. The van der Waals surface area contributed by atoms with Crippen LogP contribution in [0.15, 0.2) is 36.4 Å². The number of hydrogen-bond acceptors (Lipinski definition) is 0. The lowest BCUT2D eigenvalue weighted by atomic mass is 9.93. The highest BCUT2D eigenvalue weighted by molar-refractivity contribution is 5.88. The van der Waals surface area contributed by atoms with Crippen molar-refractivity contribution in [2.24, 2.45) is 0 Å². The van der Waals surface area contributed by atoms with E-state index in [1.807, 2.05) is 0 Å². The molecule has 0 aliphatic carbocycles. The van der Waals surface area contributed by atoms with Gasteiger partial charge in [-0.15, -0.1) is 0 Å². The second kappa shape index (κ2) is 23.6. The molecular formula is C38H64. The minimum atomic E-state index is 1.25. The van der Waals surface area contributed by atoms with E-state index in [9.17, 15) is 0 Å². The molecule has 0 heterocycles. The molecule has 2 aromatic carbocycles. The topological polar surface area (TPSA) is 0 Å². The quantitative estimate of drug-likeness (QED) is 0.108. The van der Waals surface area contributed by atoms with Gasteiger partial charge < -0.3 is 0 Å². The van der Waals surface area contributed by atoms with E-state index < -0.39 is 0 Å². The summed E-state index contributed by atoms with van der Waals surface area (Å²) in [5, 5.41) is 3.04. The van der Waals surface area contributed by atoms with Crippen molar-refractivity contribution in [3.8, 4) is 0 Å². The molecule has 0 saturated carbocycles. The molecule has 0 fully saturated rings. The molecule has 0 unspecified atom stereocenters. The van der Waals surface area contributed by atoms with Gasteiger partial charge in [-0.3, -0.25) is 0 Å². The average Bonchev–Trinajstić information content (AvgIpc) is 2.95. The highest BCUT2D eigenvalue weighted by Crippen LogP contribution is 2.26. The van der Waals surface area contributed by atoms with Gasteiger partial charge in [-0.25, -0.2) is 0 Å². The lowest BCUT2D eigenvalue weighted by molar-refractivity contribution is 0.544. The Morgan fingerprint density at radius 1 is 0.316 bits per heavy atom. The molecule has 2 rings (SSSR count). The van der Waals surface area contributed by atoms with Gasteiger partial charge in [0.1, 0.15) is 0 Å². The molecule has 0 aliphatic rings. The van der Waals surface area contributed by atoms with Crippen molar-refractivity contribution in [3.05, 3.63) is 47.5 Å². The third-order valence-corrected chi connectivity index (χ3v) is 8.70. The Kier molecular flexibility index (Phi) is 20.4. The molecule has 216 valence electrons. The summed E-state index contributed by atoms with van der Waals surface area (Å²) in [5.74, 6) is 0. The largest absolute Gasteiger partial charge is 0.0654 e. The molecule has 0 spiro atoms. The molecule has 0 nitrogen and oxygen atoms in total. The summed E-state index contributed by atoms with van der Waals surface area (Å²) in [6.45, 7) is 4.61. The lowest BCUT2D eigenvalue weighted by Crippen LogP contribution is -1.94. The van der Waals surface area contributed by atoms with Crippen LogP contribution < -0.4 is 0 Å². The van der Waals surface area contributed by atoms with Gasteiger partial charge in [-0.05, 0) is 47.6 Å². The van der Waals surface area contributed by atoms with Crippen LogP contribution in [-0.2, 0) is 12.8 Å². The predicted molar refractivity (Wildman–Crippen MR) is 174 cm³/mol. The second-order valence-electron chi connectivity index (χ2n) is 12.2. The molecule has 0 aliphatic heterocycles. The van der Waals surface area contributed by atoms with Crippen molar-refractivity contribution in [2.45, 2.75) is 181 Å². The molecular weight excluding hydrogens is 456 g/mol. The summed E-state index contributed by atoms with van der Waals surface area (Å²) < 4.78 is 0. The van der Waals surface area contributed by atoms with Crippen molar-refractivity contribution >= 4 is 10.8 Å². The lowest BCUT2D eigenvalue weighted by Gasteiger charge is -2.12. The Labute approximate surface area is 238 Å². The molecule has 0 heteroatoms. The number of aryl methyl sites for hydroxylation is 2. The summed E-state index contributed by atoms with van der Waals surface area (Å²) in [6, 6.07) is 14.1. The number of fused-ring (bicyclic) bond motifs is 1. The number of hydrogen-bond donors (Lipinski definition) is 0. The van der Waals surface area contributed by atoms with Crippen LogP contribution in [0.3, 0.4) is 0 Å². The standard InChI is InChI=1S/C38H64/c1-3-5-7-9-11-13-15-17-19-21-23-25-29-35-33-34-36(38-32-28-27-31-37(35)38)30-26-24-22-20-18-16-14-12-10-8-6-4-2/h27-28,31-34H,3-26,29-30H2,1-2H3. The van der Waals surface area contributed by atoms with Gasteiger partial charge in [0.2, 0.25) is 0 Å². The summed E-state index contributed by atoms with van der Waals surface area (Å²) in [7, 11) is 0. The van der Waals surface area contributed by atoms with E-state index in [2.05, 4.69) is 50.2 Å². The Balaban J connectivity index is 1.56. The van der Waals surface area contributed by atoms with E-state index >= 15 is 0 Å².